The van der Waals surface area contributed by atoms with Gasteiger partial charge in [0.1, 0.15) is 5.76 Å². The van der Waals surface area contributed by atoms with Gasteiger partial charge in [0, 0.05) is 41.6 Å². The van der Waals surface area contributed by atoms with Crippen LogP contribution in [0, 0.1) is 6.92 Å². The van der Waals surface area contributed by atoms with Gasteiger partial charge in [-0.25, -0.2) is 15.0 Å². The summed E-state index contributed by atoms with van der Waals surface area (Å²) in [4.78, 5) is 14.7. The highest BCUT2D eigenvalue weighted by atomic mass is 35.5. The van der Waals surface area contributed by atoms with Crippen LogP contribution in [0.4, 0.5) is 5.95 Å². The van der Waals surface area contributed by atoms with Crippen molar-refractivity contribution >= 4 is 17.5 Å². The monoisotopic (exact) mass is 343 g/mol. The van der Waals surface area contributed by atoms with Crippen molar-refractivity contribution < 1.29 is 4.42 Å². The Kier molecular flexibility index (Phi) is 4.78. The minimum atomic E-state index is 0.278. The quantitative estimate of drug-likeness (QED) is 0.765. The summed E-state index contributed by atoms with van der Waals surface area (Å²) in [5.74, 6) is 1.65. The van der Waals surface area contributed by atoms with Gasteiger partial charge in [0.05, 0.1) is 5.69 Å². The zero-order chi connectivity index (χ0) is 17.1. The van der Waals surface area contributed by atoms with Crippen LogP contribution in [0.2, 0.25) is 5.02 Å². The fourth-order valence-electron chi connectivity index (χ4n) is 2.39. The van der Waals surface area contributed by atoms with Crippen molar-refractivity contribution in [3.05, 3.63) is 58.7 Å². The second-order valence-corrected chi connectivity index (χ2v) is 6.09. The maximum atomic E-state index is 6.03. The molecule has 0 fully saturated rings. The van der Waals surface area contributed by atoms with Gasteiger partial charge in [-0.15, -0.1) is 0 Å². The Morgan fingerprint density at radius 2 is 1.96 bits per heavy atom. The van der Waals surface area contributed by atoms with Crippen molar-refractivity contribution in [2.75, 3.05) is 12.8 Å². The standard InChI is InChI=1S/C17H18ClN5O/c1-11-15(10-23(2)9-12-7-20-17(19)21-8-12)22-16(24-11)13-4-3-5-14(18)6-13/h3-8H,9-10H2,1-2H3,(H2,19,20,21). The minimum absolute atomic E-state index is 0.278. The highest BCUT2D eigenvalue weighted by Gasteiger charge is 2.14. The van der Waals surface area contributed by atoms with Gasteiger partial charge in [-0.05, 0) is 32.2 Å². The summed E-state index contributed by atoms with van der Waals surface area (Å²) in [6.45, 7) is 3.26. The van der Waals surface area contributed by atoms with Crippen LogP contribution in [0.3, 0.4) is 0 Å². The number of halogens is 1. The second kappa shape index (κ2) is 6.98. The predicted octanol–water partition coefficient (Wildman–Crippen LogP) is 3.31. The Morgan fingerprint density at radius 1 is 1.21 bits per heavy atom. The Labute approximate surface area is 145 Å². The van der Waals surface area contributed by atoms with Crippen LogP contribution in [0.5, 0.6) is 0 Å². The third-order valence-electron chi connectivity index (χ3n) is 3.56. The van der Waals surface area contributed by atoms with Crippen LogP contribution < -0.4 is 5.73 Å². The molecule has 0 aliphatic heterocycles. The first kappa shape index (κ1) is 16.4. The largest absolute Gasteiger partial charge is 0.441 e. The molecule has 0 radical (unpaired) electrons. The van der Waals surface area contributed by atoms with E-state index >= 15 is 0 Å². The van der Waals surface area contributed by atoms with Crippen LogP contribution in [0.1, 0.15) is 17.0 Å². The number of oxazole rings is 1. The summed E-state index contributed by atoms with van der Waals surface area (Å²) < 4.78 is 5.78. The molecule has 0 amide bonds. The summed E-state index contributed by atoms with van der Waals surface area (Å²) in [6, 6.07) is 7.47. The van der Waals surface area contributed by atoms with Crippen molar-refractivity contribution in [2.24, 2.45) is 0 Å². The van der Waals surface area contributed by atoms with Crippen LogP contribution in [0.25, 0.3) is 11.5 Å². The lowest BCUT2D eigenvalue weighted by molar-refractivity contribution is 0.312. The molecule has 2 heterocycles. The predicted molar refractivity (Wildman–Crippen MR) is 93.3 cm³/mol. The number of aromatic nitrogens is 3. The number of nitrogen functional groups attached to an aromatic ring is 1. The normalized spacial score (nSPS) is 11.2. The van der Waals surface area contributed by atoms with Crippen LogP contribution in [0.15, 0.2) is 41.1 Å². The number of aryl methyl sites for hydroxylation is 1. The number of hydrogen-bond donors (Lipinski definition) is 1. The molecule has 2 N–H and O–H groups in total. The minimum Gasteiger partial charge on any atom is -0.441 e. The SMILES string of the molecule is Cc1oc(-c2cccc(Cl)c2)nc1CN(C)Cc1cnc(N)nc1. The number of rotatable bonds is 5. The van der Waals surface area contributed by atoms with Crippen LogP contribution >= 0.6 is 11.6 Å². The van der Waals surface area contributed by atoms with Crippen molar-refractivity contribution in [3.8, 4) is 11.5 Å². The zero-order valence-electron chi connectivity index (χ0n) is 13.5. The summed E-state index contributed by atoms with van der Waals surface area (Å²) in [6.07, 6.45) is 3.46. The van der Waals surface area contributed by atoms with E-state index in [-0.39, 0.29) is 5.95 Å². The molecule has 124 valence electrons. The Balaban J connectivity index is 1.72. The fourth-order valence-corrected chi connectivity index (χ4v) is 2.58. The lowest BCUT2D eigenvalue weighted by atomic mass is 10.2. The molecule has 3 aromatic rings. The van der Waals surface area contributed by atoms with Gasteiger partial charge < -0.3 is 10.2 Å². The van der Waals surface area contributed by atoms with Crippen molar-refractivity contribution in [3.63, 3.8) is 0 Å². The molecule has 0 aliphatic carbocycles. The molecule has 0 saturated carbocycles. The third kappa shape index (κ3) is 3.90. The third-order valence-corrected chi connectivity index (χ3v) is 3.80. The first-order valence-electron chi connectivity index (χ1n) is 7.48. The van der Waals surface area contributed by atoms with Gasteiger partial charge >= 0.3 is 0 Å². The van der Waals surface area contributed by atoms with E-state index in [1.807, 2.05) is 38.2 Å². The van der Waals surface area contributed by atoms with Crippen molar-refractivity contribution in [1.29, 1.82) is 0 Å². The van der Waals surface area contributed by atoms with Gasteiger partial charge in [0.2, 0.25) is 11.8 Å². The van der Waals surface area contributed by atoms with Crippen LogP contribution in [-0.2, 0) is 13.1 Å². The molecule has 6 nitrogen and oxygen atoms in total. The molecule has 7 heteroatoms. The first-order chi connectivity index (χ1) is 11.5. The van der Waals surface area contributed by atoms with Crippen molar-refractivity contribution in [1.82, 2.24) is 19.9 Å². The van der Waals surface area contributed by atoms with Gasteiger partial charge in [0.25, 0.3) is 0 Å². The van der Waals surface area contributed by atoms with E-state index in [2.05, 4.69) is 19.9 Å². The van der Waals surface area contributed by atoms with Gasteiger partial charge in [-0.1, -0.05) is 17.7 Å². The number of nitrogens with two attached hydrogens (primary N) is 1. The first-order valence-corrected chi connectivity index (χ1v) is 7.86. The molecule has 0 aliphatic rings. The number of benzene rings is 1. The maximum Gasteiger partial charge on any atom is 0.226 e. The summed E-state index contributed by atoms with van der Waals surface area (Å²) in [7, 11) is 2.00. The number of anilines is 1. The molecule has 0 spiro atoms. The molecular formula is C17H18ClN5O. The molecule has 0 unspecified atom stereocenters. The summed E-state index contributed by atoms with van der Waals surface area (Å²) in [5.41, 5.74) is 8.25. The van der Waals surface area contributed by atoms with Gasteiger partial charge in [-0.3, -0.25) is 4.90 Å². The van der Waals surface area contributed by atoms with Crippen molar-refractivity contribution in [2.45, 2.75) is 20.0 Å². The average Bonchev–Trinajstić information content (AvgIpc) is 2.90. The molecule has 0 bridgehead atoms. The number of nitrogens with zero attached hydrogens (tertiary/aromatic N) is 4. The van der Waals surface area contributed by atoms with E-state index in [0.29, 0.717) is 24.0 Å². The highest BCUT2D eigenvalue weighted by Crippen LogP contribution is 2.25. The van der Waals surface area contributed by atoms with Gasteiger partial charge in [-0.2, -0.15) is 0 Å². The molecule has 0 saturated heterocycles. The zero-order valence-corrected chi connectivity index (χ0v) is 14.3. The molecule has 1 aromatic carbocycles. The molecular weight excluding hydrogens is 326 g/mol. The van der Waals surface area contributed by atoms with E-state index in [0.717, 1.165) is 22.6 Å². The average molecular weight is 344 g/mol. The lowest BCUT2D eigenvalue weighted by Gasteiger charge is -2.14. The molecule has 3 rings (SSSR count). The van der Waals surface area contributed by atoms with E-state index in [1.54, 1.807) is 12.4 Å². The summed E-state index contributed by atoms with van der Waals surface area (Å²) in [5, 5.41) is 0.658. The number of hydrogen-bond acceptors (Lipinski definition) is 6. The van der Waals surface area contributed by atoms with E-state index in [1.165, 1.54) is 0 Å². The molecule has 2 aromatic heterocycles. The van der Waals surface area contributed by atoms with Gasteiger partial charge in [0.15, 0.2) is 0 Å². The Morgan fingerprint density at radius 3 is 2.67 bits per heavy atom. The Hall–Kier alpha value is -2.44. The van der Waals surface area contributed by atoms with Crippen LogP contribution in [-0.4, -0.2) is 26.9 Å². The summed E-state index contributed by atoms with van der Waals surface area (Å²) >= 11 is 6.03. The second-order valence-electron chi connectivity index (χ2n) is 5.65. The molecule has 0 atom stereocenters. The van der Waals surface area contributed by atoms with E-state index < -0.39 is 0 Å². The Bertz CT molecular complexity index is 831. The lowest BCUT2D eigenvalue weighted by Crippen LogP contribution is -2.18. The maximum absolute atomic E-state index is 6.03. The van der Waals surface area contributed by atoms with E-state index in [9.17, 15) is 0 Å². The smallest absolute Gasteiger partial charge is 0.226 e. The topological polar surface area (TPSA) is 81.1 Å². The fraction of sp³-hybridized carbons (Fsp3) is 0.235. The highest BCUT2D eigenvalue weighted by molar-refractivity contribution is 6.30. The van der Waals surface area contributed by atoms with E-state index in [4.69, 9.17) is 21.8 Å². The molecule has 24 heavy (non-hydrogen) atoms.